The zero-order valence-corrected chi connectivity index (χ0v) is 18.7. The number of nitrogen functional groups attached to an aromatic ring is 1. The van der Waals surface area contributed by atoms with Crippen molar-refractivity contribution >= 4 is 40.7 Å². The second-order valence-electron chi connectivity index (χ2n) is 7.49. The van der Waals surface area contributed by atoms with E-state index in [1.54, 1.807) is 25.1 Å². The molecule has 3 aromatic rings. The molecule has 1 saturated heterocycles. The topological polar surface area (TPSA) is 141 Å². The Morgan fingerprint density at radius 1 is 1.33 bits per heavy atom. The van der Waals surface area contributed by atoms with Crippen molar-refractivity contribution in [1.82, 2.24) is 19.1 Å². The molecule has 4 rings (SSSR count). The molecule has 0 saturated carbocycles. The van der Waals surface area contributed by atoms with Gasteiger partial charge in [0.25, 0.3) is 0 Å². The maximum Gasteiger partial charge on any atom is 0.332 e. The van der Waals surface area contributed by atoms with Gasteiger partial charge in [0.2, 0.25) is 12.2 Å². The number of hydrogen-bond acceptors (Lipinski definition) is 9. The molecule has 33 heavy (non-hydrogen) atoms. The number of esters is 2. The van der Waals surface area contributed by atoms with Crippen LogP contribution in [0.25, 0.3) is 11.2 Å². The molecule has 3 heterocycles. The summed E-state index contributed by atoms with van der Waals surface area (Å²) < 4.78 is 19.2. The zero-order chi connectivity index (χ0) is 23.7. The van der Waals surface area contributed by atoms with Crippen molar-refractivity contribution in [3.63, 3.8) is 0 Å². The van der Waals surface area contributed by atoms with Crippen molar-refractivity contribution in [2.24, 2.45) is 0 Å². The maximum atomic E-state index is 13.5. The summed E-state index contributed by atoms with van der Waals surface area (Å²) in [4.78, 5) is 45.3. The Morgan fingerprint density at radius 2 is 2.12 bits per heavy atom. The van der Waals surface area contributed by atoms with Gasteiger partial charge in [-0.05, 0) is 17.7 Å². The highest BCUT2D eigenvalue weighted by molar-refractivity contribution is 6.30. The Bertz CT molecular complexity index is 1270. The second-order valence-corrected chi connectivity index (χ2v) is 7.93. The summed E-state index contributed by atoms with van der Waals surface area (Å²) in [5.41, 5.74) is 6.67. The van der Waals surface area contributed by atoms with Gasteiger partial charge in [-0.25, -0.2) is 14.3 Å². The summed E-state index contributed by atoms with van der Waals surface area (Å²) in [5.74, 6) is -1.10. The van der Waals surface area contributed by atoms with E-state index in [2.05, 4.69) is 9.97 Å². The number of fused-ring (bicyclic) bond motifs is 1. The molecular weight excluding hydrogens is 454 g/mol. The first-order chi connectivity index (χ1) is 15.8. The van der Waals surface area contributed by atoms with Crippen LogP contribution < -0.4 is 11.4 Å². The quantitative estimate of drug-likeness (QED) is 0.530. The molecule has 0 amide bonds. The van der Waals surface area contributed by atoms with Gasteiger partial charge >= 0.3 is 17.6 Å². The third kappa shape index (κ3) is 4.69. The van der Waals surface area contributed by atoms with Crippen LogP contribution in [0.5, 0.6) is 0 Å². The smallest absolute Gasteiger partial charge is 0.332 e. The maximum absolute atomic E-state index is 13.5. The Labute approximate surface area is 193 Å². The van der Waals surface area contributed by atoms with E-state index >= 15 is 0 Å². The van der Waals surface area contributed by atoms with Gasteiger partial charge in [-0.1, -0.05) is 30.7 Å². The molecule has 3 atom stereocenters. The summed E-state index contributed by atoms with van der Waals surface area (Å²) >= 11 is 6.09. The lowest BCUT2D eigenvalue weighted by molar-refractivity contribution is -0.183. The molecule has 0 unspecified atom stereocenters. The number of carbonyl (C=O) groups excluding carboxylic acids is 2. The molecule has 1 aliphatic heterocycles. The standard InChI is InChI=1S/C21H22ClN5O6/c1-3-16(29)32-17-8-15(31-11(2)28)19(33-17)27-18-14(9-24-20(23)25-18)26(21(27)30)10-12-5-4-6-13(22)7-12/h4-7,9,15,17,19H,3,8,10H2,1-2H3,(H2,23,24,25)/t15-,17-,19-/m1/s1. The molecule has 0 aliphatic carbocycles. The summed E-state index contributed by atoms with van der Waals surface area (Å²) in [6.45, 7) is 3.06. The van der Waals surface area contributed by atoms with Gasteiger partial charge in [-0.3, -0.25) is 14.2 Å². The third-order valence-electron chi connectivity index (χ3n) is 5.11. The molecule has 0 radical (unpaired) electrons. The Kier molecular flexibility index (Phi) is 6.34. The molecule has 1 aromatic carbocycles. The van der Waals surface area contributed by atoms with E-state index in [0.717, 1.165) is 5.56 Å². The average molecular weight is 476 g/mol. The van der Waals surface area contributed by atoms with E-state index in [1.165, 1.54) is 22.3 Å². The van der Waals surface area contributed by atoms with Crippen LogP contribution in [0.1, 0.15) is 38.5 Å². The first-order valence-corrected chi connectivity index (χ1v) is 10.6. The van der Waals surface area contributed by atoms with E-state index in [-0.39, 0.29) is 31.0 Å². The number of rotatable bonds is 6. The number of carbonyl (C=O) groups is 2. The normalized spacial score (nSPS) is 20.2. The molecule has 0 bridgehead atoms. The number of aromatic nitrogens is 4. The van der Waals surface area contributed by atoms with Crippen molar-refractivity contribution in [3.8, 4) is 0 Å². The average Bonchev–Trinajstić information content (AvgIpc) is 3.24. The van der Waals surface area contributed by atoms with E-state index in [0.29, 0.717) is 10.5 Å². The lowest BCUT2D eigenvalue weighted by atomic mass is 10.2. The Morgan fingerprint density at radius 3 is 2.82 bits per heavy atom. The van der Waals surface area contributed by atoms with Crippen molar-refractivity contribution in [3.05, 3.63) is 51.5 Å². The summed E-state index contributed by atoms with van der Waals surface area (Å²) in [6, 6.07) is 7.07. The second kappa shape index (κ2) is 9.20. The lowest BCUT2D eigenvalue weighted by Crippen LogP contribution is -2.34. The van der Waals surface area contributed by atoms with Crippen LogP contribution in [0.2, 0.25) is 5.02 Å². The van der Waals surface area contributed by atoms with Crippen LogP contribution in [0.3, 0.4) is 0 Å². The molecule has 1 aliphatic rings. The number of ether oxygens (including phenoxy) is 3. The van der Waals surface area contributed by atoms with Gasteiger partial charge in [-0.2, -0.15) is 4.98 Å². The highest BCUT2D eigenvalue weighted by Crippen LogP contribution is 2.33. The van der Waals surface area contributed by atoms with Gasteiger partial charge in [0.15, 0.2) is 18.0 Å². The fraction of sp³-hybridized carbons (Fsp3) is 0.381. The van der Waals surface area contributed by atoms with E-state index < -0.39 is 36.3 Å². The minimum absolute atomic E-state index is 0.0489. The van der Waals surface area contributed by atoms with Gasteiger partial charge in [0, 0.05) is 18.4 Å². The van der Waals surface area contributed by atoms with Crippen molar-refractivity contribution in [2.75, 3.05) is 5.73 Å². The van der Waals surface area contributed by atoms with Gasteiger partial charge in [0.1, 0.15) is 5.52 Å². The zero-order valence-electron chi connectivity index (χ0n) is 17.9. The van der Waals surface area contributed by atoms with E-state index in [1.807, 2.05) is 6.07 Å². The fourth-order valence-corrected chi connectivity index (χ4v) is 3.94. The summed E-state index contributed by atoms with van der Waals surface area (Å²) in [6.07, 6.45) is -1.34. The fourth-order valence-electron chi connectivity index (χ4n) is 3.73. The predicted octanol–water partition coefficient (Wildman–Crippen LogP) is 2.01. The molecule has 2 N–H and O–H groups in total. The van der Waals surface area contributed by atoms with Crippen molar-refractivity contribution in [2.45, 2.75) is 51.9 Å². The highest BCUT2D eigenvalue weighted by atomic mass is 35.5. The minimum atomic E-state index is -1.09. The molecule has 174 valence electrons. The van der Waals surface area contributed by atoms with Gasteiger partial charge in [-0.15, -0.1) is 0 Å². The monoisotopic (exact) mass is 475 g/mol. The molecule has 2 aromatic heterocycles. The summed E-state index contributed by atoms with van der Waals surface area (Å²) in [7, 11) is 0. The molecular formula is C21H22ClN5O6. The lowest BCUT2D eigenvalue weighted by Gasteiger charge is -2.19. The van der Waals surface area contributed by atoms with Crippen molar-refractivity contribution < 1.29 is 23.8 Å². The number of benzene rings is 1. The molecule has 11 nitrogen and oxygen atoms in total. The number of halogens is 1. The van der Waals surface area contributed by atoms with Crippen LogP contribution in [-0.2, 0) is 30.3 Å². The van der Waals surface area contributed by atoms with Crippen LogP contribution >= 0.6 is 11.6 Å². The third-order valence-corrected chi connectivity index (χ3v) is 5.35. The molecule has 12 heteroatoms. The number of hydrogen-bond donors (Lipinski definition) is 1. The Hall–Kier alpha value is -3.44. The first-order valence-electron chi connectivity index (χ1n) is 10.3. The van der Waals surface area contributed by atoms with Crippen LogP contribution in [0.15, 0.2) is 35.3 Å². The van der Waals surface area contributed by atoms with E-state index in [9.17, 15) is 14.4 Å². The highest BCUT2D eigenvalue weighted by Gasteiger charge is 2.43. The number of nitrogens with zero attached hydrogens (tertiary/aromatic N) is 4. The van der Waals surface area contributed by atoms with Crippen LogP contribution in [-0.4, -0.2) is 43.4 Å². The van der Waals surface area contributed by atoms with Gasteiger partial charge < -0.3 is 19.9 Å². The predicted molar refractivity (Wildman–Crippen MR) is 117 cm³/mol. The minimum Gasteiger partial charge on any atom is -0.457 e. The summed E-state index contributed by atoms with van der Waals surface area (Å²) in [5, 5.41) is 0.527. The SMILES string of the molecule is CCC(=O)O[C@H]1C[C@@H](OC(C)=O)[C@H](n2c(=O)n(Cc3cccc(Cl)c3)c3cnc(N)nc32)O1. The molecule has 1 fully saturated rings. The van der Waals surface area contributed by atoms with Crippen molar-refractivity contribution in [1.29, 1.82) is 0 Å². The van der Waals surface area contributed by atoms with Crippen LogP contribution in [0, 0.1) is 0 Å². The largest absolute Gasteiger partial charge is 0.457 e. The van der Waals surface area contributed by atoms with E-state index in [4.69, 9.17) is 31.5 Å². The number of anilines is 1. The number of nitrogens with two attached hydrogens (primary N) is 1. The number of imidazole rings is 1. The van der Waals surface area contributed by atoms with Gasteiger partial charge in [0.05, 0.1) is 19.2 Å². The molecule has 0 spiro atoms. The first kappa shape index (κ1) is 22.7. The van der Waals surface area contributed by atoms with Crippen LogP contribution in [0.4, 0.5) is 5.95 Å². The Balaban J connectivity index is 1.80.